The molecule has 1 aromatic carbocycles. The monoisotopic (exact) mass is 210 g/mol. The number of aromatic hydroxyl groups is 1. The van der Waals surface area contributed by atoms with Gasteiger partial charge in [0.2, 0.25) is 0 Å². The summed E-state index contributed by atoms with van der Waals surface area (Å²) in [5.74, 6) is -1.39. The molecule has 5 heteroatoms. The molecule has 0 fully saturated rings. The molecule has 60 valence electrons. The van der Waals surface area contributed by atoms with Crippen LogP contribution in [-0.4, -0.2) is 16.2 Å². The number of thiol groups is 1. The zero-order valence-electron chi connectivity index (χ0n) is 7.48. The third-order valence-corrected chi connectivity index (χ3v) is 1.49. The van der Waals surface area contributed by atoms with Crippen LogP contribution in [-0.2, 0) is 0 Å². The van der Waals surface area contributed by atoms with Gasteiger partial charge in [0, 0.05) is 4.90 Å². The van der Waals surface area contributed by atoms with Crippen LogP contribution in [0.5, 0.6) is 5.75 Å². The number of phenols is 1. The molecule has 0 amide bonds. The first-order valence-corrected chi connectivity index (χ1v) is 3.31. The van der Waals surface area contributed by atoms with E-state index >= 15 is 0 Å². The van der Waals surface area contributed by atoms with Crippen molar-refractivity contribution in [1.82, 2.24) is 0 Å². The Morgan fingerprint density at radius 2 is 2.08 bits per heavy atom. The van der Waals surface area contributed by atoms with Crippen LogP contribution in [0, 0.1) is 0 Å². The molecule has 0 unspecified atom stereocenters. The van der Waals surface area contributed by atoms with Crippen molar-refractivity contribution in [2.24, 2.45) is 0 Å². The molecule has 0 radical (unpaired) electrons. The van der Waals surface area contributed by atoms with Gasteiger partial charge >= 0.3 is 57.4 Å². The molecule has 0 bridgehead atoms. The molecule has 0 heterocycles. The number of carboxylic acid groups (broad SMARTS) is 1. The number of rotatable bonds is 1. The van der Waals surface area contributed by atoms with Crippen molar-refractivity contribution >= 4 is 18.6 Å². The Morgan fingerprint density at radius 1 is 1.50 bits per heavy atom. The SMILES string of the molecule is O=C(O)c1cc(S)ccc1O.[H-].[K+]. The Kier molecular flexibility index (Phi) is 5.47. The van der Waals surface area contributed by atoms with Gasteiger partial charge in [-0.05, 0) is 18.2 Å². The Morgan fingerprint density at radius 3 is 2.50 bits per heavy atom. The van der Waals surface area contributed by atoms with E-state index in [2.05, 4.69) is 12.6 Å². The average Bonchev–Trinajstić information content (AvgIpc) is 1.94. The van der Waals surface area contributed by atoms with Crippen molar-refractivity contribution < 1.29 is 67.8 Å². The topological polar surface area (TPSA) is 57.5 Å². The predicted molar refractivity (Wildman–Crippen MR) is 43.4 cm³/mol. The summed E-state index contributed by atoms with van der Waals surface area (Å²) < 4.78 is 0. The van der Waals surface area contributed by atoms with Crippen molar-refractivity contribution in [3.8, 4) is 5.75 Å². The van der Waals surface area contributed by atoms with E-state index in [4.69, 9.17) is 10.2 Å². The molecule has 0 saturated heterocycles. The molecule has 0 aliphatic rings. The van der Waals surface area contributed by atoms with E-state index in [9.17, 15) is 4.79 Å². The normalized spacial score (nSPS) is 8.75. The summed E-state index contributed by atoms with van der Waals surface area (Å²) in [7, 11) is 0. The Hall–Kier alpha value is 0.476. The van der Waals surface area contributed by atoms with Crippen molar-refractivity contribution in [1.29, 1.82) is 0 Å². The molecule has 12 heavy (non-hydrogen) atoms. The van der Waals surface area contributed by atoms with Crippen molar-refractivity contribution in [3.63, 3.8) is 0 Å². The molecule has 1 aromatic rings. The molecule has 2 N–H and O–H groups in total. The summed E-state index contributed by atoms with van der Waals surface area (Å²) in [5, 5.41) is 17.5. The second kappa shape index (κ2) is 5.26. The van der Waals surface area contributed by atoms with Gasteiger partial charge in [-0.25, -0.2) is 4.79 Å². The average molecular weight is 210 g/mol. The maximum Gasteiger partial charge on any atom is 1.00 e. The van der Waals surface area contributed by atoms with E-state index in [0.29, 0.717) is 4.90 Å². The van der Waals surface area contributed by atoms with Crippen LogP contribution in [0.4, 0.5) is 0 Å². The molecule has 0 spiro atoms. The molecule has 0 aliphatic carbocycles. The van der Waals surface area contributed by atoms with Crippen LogP contribution in [0.25, 0.3) is 0 Å². The number of aromatic carboxylic acids is 1. The largest absolute Gasteiger partial charge is 1.00 e. The zero-order valence-corrected chi connectivity index (χ0v) is 10.5. The zero-order chi connectivity index (χ0) is 8.43. The van der Waals surface area contributed by atoms with Crippen LogP contribution >= 0.6 is 12.6 Å². The molecule has 0 saturated carbocycles. The molecular weight excluding hydrogens is 203 g/mol. The standard InChI is InChI=1S/C7H6O3S.K.H/c8-6-2-1-4(11)3-5(6)7(9)10;;/h1-3,8,11H,(H,9,10);;/q;+1;-1. The van der Waals surface area contributed by atoms with E-state index in [-0.39, 0.29) is 64.1 Å². The second-order valence-corrected chi connectivity index (χ2v) is 2.52. The molecule has 1 rings (SSSR count). The van der Waals surface area contributed by atoms with Gasteiger partial charge in [-0.1, -0.05) is 0 Å². The van der Waals surface area contributed by atoms with E-state index in [1.54, 1.807) is 0 Å². The predicted octanol–water partition coefficient (Wildman–Crippen LogP) is -1.50. The van der Waals surface area contributed by atoms with Crippen LogP contribution in [0.2, 0.25) is 0 Å². The van der Waals surface area contributed by atoms with Crippen molar-refractivity contribution in [3.05, 3.63) is 23.8 Å². The van der Waals surface area contributed by atoms with Gasteiger partial charge in [-0.15, -0.1) is 12.6 Å². The quantitative estimate of drug-likeness (QED) is 0.390. The first kappa shape index (κ1) is 12.5. The van der Waals surface area contributed by atoms with Gasteiger partial charge in [-0.2, -0.15) is 0 Å². The van der Waals surface area contributed by atoms with E-state index < -0.39 is 5.97 Å². The summed E-state index contributed by atoms with van der Waals surface area (Å²) in [4.78, 5) is 10.9. The minimum atomic E-state index is -1.15. The number of benzene rings is 1. The molecule has 3 nitrogen and oxygen atoms in total. The Labute approximate surface area is 119 Å². The van der Waals surface area contributed by atoms with E-state index in [1.807, 2.05) is 0 Å². The maximum atomic E-state index is 10.4. The number of hydrogen-bond acceptors (Lipinski definition) is 3. The van der Waals surface area contributed by atoms with E-state index in [0.717, 1.165) is 0 Å². The Balaban J connectivity index is 0. The summed E-state index contributed by atoms with van der Waals surface area (Å²) >= 11 is 3.92. The third kappa shape index (κ3) is 3.08. The summed E-state index contributed by atoms with van der Waals surface area (Å²) in [6.45, 7) is 0. The van der Waals surface area contributed by atoms with Gasteiger partial charge in [0.25, 0.3) is 0 Å². The molecule has 0 aromatic heterocycles. The fourth-order valence-electron chi connectivity index (χ4n) is 0.695. The van der Waals surface area contributed by atoms with Gasteiger partial charge in [-0.3, -0.25) is 0 Å². The van der Waals surface area contributed by atoms with Crippen LogP contribution in [0.1, 0.15) is 11.8 Å². The summed E-state index contributed by atoms with van der Waals surface area (Å²) in [5.41, 5.74) is -0.127. The van der Waals surface area contributed by atoms with E-state index in [1.165, 1.54) is 18.2 Å². The number of carbonyl (C=O) groups is 1. The fourth-order valence-corrected chi connectivity index (χ4v) is 0.899. The van der Waals surface area contributed by atoms with Gasteiger partial charge < -0.3 is 11.6 Å². The molecular formula is C7H7KO3S. The maximum absolute atomic E-state index is 10.4. The smallest absolute Gasteiger partial charge is 1.00 e. The van der Waals surface area contributed by atoms with Gasteiger partial charge in [0.1, 0.15) is 11.3 Å². The summed E-state index contributed by atoms with van der Waals surface area (Å²) in [6, 6.07) is 4.11. The number of hydrogen-bond donors (Lipinski definition) is 3. The third-order valence-electron chi connectivity index (χ3n) is 1.21. The number of carboxylic acids is 1. The van der Waals surface area contributed by atoms with Crippen LogP contribution in [0.3, 0.4) is 0 Å². The van der Waals surface area contributed by atoms with Crippen LogP contribution in [0.15, 0.2) is 23.1 Å². The molecule has 0 aliphatic heterocycles. The van der Waals surface area contributed by atoms with Crippen molar-refractivity contribution in [2.45, 2.75) is 4.90 Å². The van der Waals surface area contributed by atoms with Crippen molar-refractivity contribution in [2.75, 3.05) is 0 Å². The van der Waals surface area contributed by atoms with Gasteiger partial charge in [0.05, 0.1) is 0 Å². The van der Waals surface area contributed by atoms with Gasteiger partial charge in [0.15, 0.2) is 0 Å². The summed E-state index contributed by atoms with van der Waals surface area (Å²) in [6.07, 6.45) is 0. The fraction of sp³-hybridized carbons (Fsp3) is 0. The minimum Gasteiger partial charge on any atom is -1.00 e. The second-order valence-electron chi connectivity index (χ2n) is 2.01. The minimum absolute atomic E-state index is 0. The Bertz CT molecular complexity index is 306. The first-order chi connectivity index (χ1) is 5.11. The van der Waals surface area contributed by atoms with Crippen LogP contribution < -0.4 is 51.4 Å². The molecule has 0 atom stereocenters. The first-order valence-electron chi connectivity index (χ1n) is 2.86.